The van der Waals surface area contributed by atoms with Crippen LogP contribution in [-0.2, 0) is 9.59 Å². The topological polar surface area (TPSA) is 46.2 Å². The van der Waals surface area contributed by atoms with Gasteiger partial charge in [0.05, 0.1) is 6.04 Å². The fourth-order valence-electron chi connectivity index (χ4n) is 2.22. The molecule has 1 aliphatic carbocycles. The number of hydrogen-bond acceptors (Lipinski definition) is 5. The van der Waals surface area contributed by atoms with Crippen LogP contribution < -0.4 is 5.32 Å². The minimum absolute atomic E-state index is 0.0438. The fourth-order valence-corrected chi connectivity index (χ4v) is 5.00. The van der Waals surface area contributed by atoms with Crippen molar-refractivity contribution in [2.24, 2.45) is 11.8 Å². The van der Waals surface area contributed by atoms with E-state index in [2.05, 4.69) is 19.2 Å². The summed E-state index contributed by atoms with van der Waals surface area (Å²) in [7, 11) is 3.43. The van der Waals surface area contributed by atoms with E-state index in [-0.39, 0.29) is 23.5 Å². The zero-order valence-corrected chi connectivity index (χ0v) is 14.6. The first-order valence-electron chi connectivity index (χ1n) is 7.47. The van der Waals surface area contributed by atoms with Crippen LogP contribution in [0.2, 0.25) is 0 Å². The Kier molecular flexibility index (Phi) is 8.22. The van der Waals surface area contributed by atoms with Crippen LogP contribution in [0.1, 0.15) is 47.0 Å². The molecule has 0 saturated heterocycles. The molecule has 5 heteroatoms. The lowest BCUT2D eigenvalue weighted by molar-refractivity contribution is -0.120. The minimum Gasteiger partial charge on any atom is -0.304 e. The molecule has 2 unspecified atom stereocenters. The summed E-state index contributed by atoms with van der Waals surface area (Å²) in [6, 6.07) is 0.466. The Labute approximate surface area is 130 Å². The maximum absolute atomic E-state index is 11.7. The predicted octanol–water partition coefficient (Wildman–Crippen LogP) is 3.33. The molecule has 0 radical (unpaired) electrons. The van der Waals surface area contributed by atoms with Gasteiger partial charge < -0.3 is 5.32 Å². The van der Waals surface area contributed by atoms with Crippen LogP contribution in [-0.4, -0.2) is 35.2 Å². The predicted molar refractivity (Wildman–Crippen MR) is 89.2 cm³/mol. The van der Waals surface area contributed by atoms with Gasteiger partial charge in [0.1, 0.15) is 11.6 Å². The highest BCUT2D eigenvalue weighted by Gasteiger charge is 2.29. The fraction of sp³-hybridized carbons (Fsp3) is 0.867. The van der Waals surface area contributed by atoms with Gasteiger partial charge in [-0.2, -0.15) is 0 Å². The third-order valence-corrected chi connectivity index (χ3v) is 6.67. The normalized spacial score (nSPS) is 24.8. The van der Waals surface area contributed by atoms with Gasteiger partial charge in [0.15, 0.2) is 0 Å². The van der Waals surface area contributed by atoms with Crippen molar-refractivity contribution in [3.05, 3.63) is 0 Å². The minimum atomic E-state index is -0.0438. The molecule has 3 nitrogen and oxygen atoms in total. The van der Waals surface area contributed by atoms with Crippen LogP contribution in [0.5, 0.6) is 0 Å². The number of ketones is 2. The summed E-state index contributed by atoms with van der Waals surface area (Å²) >= 11 is 0. The van der Waals surface area contributed by atoms with Crippen molar-refractivity contribution in [2.45, 2.75) is 59.0 Å². The Morgan fingerprint density at radius 3 is 2.20 bits per heavy atom. The molecule has 0 bridgehead atoms. The zero-order chi connectivity index (χ0) is 15.1. The van der Waals surface area contributed by atoms with Crippen molar-refractivity contribution in [3.8, 4) is 0 Å². The summed E-state index contributed by atoms with van der Waals surface area (Å²) in [5, 5.41) is 3.48. The molecule has 0 amide bonds. The van der Waals surface area contributed by atoms with Gasteiger partial charge in [0.25, 0.3) is 0 Å². The van der Waals surface area contributed by atoms with Gasteiger partial charge in [-0.25, -0.2) is 0 Å². The lowest BCUT2D eigenvalue weighted by Gasteiger charge is -2.37. The molecule has 0 aliphatic heterocycles. The van der Waals surface area contributed by atoms with E-state index in [0.29, 0.717) is 12.0 Å². The van der Waals surface area contributed by atoms with Gasteiger partial charge in [-0.05, 0) is 39.0 Å². The third kappa shape index (κ3) is 5.78. The maximum Gasteiger partial charge on any atom is 0.147 e. The van der Waals surface area contributed by atoms with E-state index in [1.807, 2.05) is 0 Å². The smallest absolute Gasteiger partial charge is 0.147 e. The zero-order valence-electron chi connectivity index (χ0n) is 13.0. The van der Waals surface area contributed by atoms with Crippen molar-refractivity contribution in [2.75, 3.05) is 11.5 Å². The first kappa shape index (κ1) is 18.1. The van der Waals surface area contributed by atoms with Gasteiger partial charge in [-0.3, -0.25) is 9.59 Å². The molecular formula is C15H27NO2S2. The lowest BCUT2D eigenvalue weighted by atomic mass is 9.81. The second-order valence-electron chi connectivity index (χ2n) is 5.78. The van der Waals surface area contributed by atoms with Gasteiger partial charge in [-0.1, -0.05) is 35.4 Å². The molecule has 116 valence electrons. The number of hydrogen-bond donors (Lipinski definition) is 1. The van der Waals surface area contributed by atoms with E-state index in [9.17, 15) is 9.59 Å². The molecule has 1 saturated carbocycles. The number of carbonyl (C=O) groups is 2. The molecule has 1 rings (SSSR count). The van der Waals surface area contributed by atoms with Gasteiger partial charge in [0.2, 0.25) is 0 Å². The van der Waals surface area contributed by atoms with Crippen LogP contribution in [0.25, 0.3) is 0 Å². The summed E-state index contributed by atoms with van der Waals surface area (Å²) in [6.07, 6.45) is 3.35. The highest BCUT2D eigenvalue weighted by Crippen LogP contribution is 2.29. The van der Waals surface area contributed by atoms with Gasteiger partial charge in [0, 0.05) is 23.5 Å². The van der Waals surface area contributed by atoms with E-state index in [0.717, 1.165) is 17.9 Å². The molecular weight excluding hydrogens is 290 g/mol. The molecule has 20 heavy (non-hydrogen) atoms. The summed E-state index contributed by atoms with van der Waals surface area (Å²) in [5.41, 5.74) is 0. The van der Waals surface area contributed by atoms with E-state index in [1.165, 1.54) is 12.8 Å². The first-order chi connectivity index (χ1) is 9.45. The van der Waals surface area contributed by atoms with Crippen LogP contribution in [0.15, 0.2) is 0 Å². The quantitative estimate of drug-likeness (QED) is 0.495. The Morgan fingerprint density at radius 1 is 1.15 bits per heavy atom. The van der Waals surface area contributed by atoms with E-state index < -0.39 is 0 Å². The largest absolute Gasteiger partial charge is 0.304 e. The molecule has 0 spiro atoms. The molecule has 0 heterocycles. The van der Waals surface area contributed by atoms with Crippen LogP contribution in [0.4, 0.5) is 0 Å². The Balaban J connectivity index is 2.25. The maximum atomic E-state index is 11.7. The lowest BCUT2D eigenvalue weighted by Crippen LogP contribution is -2.51. The molecule has 0 aromatic carbocycles. The van der Waals surface area contributed by atoms with Crippen LogP contribution in [0.3, 0.4) is 0 Å². The third-order valence-electron chi connectivity index (χ3n) is 4.18. The summed E-state index contributed by atoms with van der Waals surface area (Å²) in [4.78, 5) is 23.0. The average Bonchev–Trinajstić information content (AvgIpc) is 2.39. The monoisotopic (exact) mass is 317 g/mol. The summed E-state index contributed by atoms with van der Waals surface area (Å²) < 4.78 is 0. The summed E-state index contributed by atoms with van der Waals surface area (Å²) in [6.45, 7) is 7.61. The number of rotatable bonds is 10. The standard InChI is InChI=1S/C15H27NO2S2/c1-5-13(11(3)17)8-19-20-9-15(12(4)18)16-14-7-6-10(14)2/h10,13-16H,5-9H2,1-4H3/t10?,13-,14?,15+/m0/s1. The second-order valence-corrected chi connectivity index (χ2v) is 8.33. The van der Waals surface area contributed by atoms with Crippen LogP contribution in [0, 0.1) is 11.8 Å². The van der Waals surface area contributed by atoms with Crippen molar-refractivity contribution >= 4 is 33.2 Å². The Bertz CT molecular complexity index is 336. The van der Waals surface area contributed by atoms with Crippen molar-refractivity contribution in [1.82, 2.24) is 5.32 Å². The Morgan fingerprint density at radius 2 is 1.80 bits per heavy atom. The Hall–Kier alpha value is -0.000000000000000111. The van der Waals surface area contributed by atoms with Crippen molar-refractivity contribution in [1.29, 1.82) is 0 Å². The van der Waals surface area contributed by atoms with Gasteiger partial charge in [-0.15, -0.1) is 0 Å². The number of carbonyl (C=O) groups excluding carboxylic acids is 2. The molecule has 1 aliphatic rings. The molecule has 4 atom stereocenters. The highest BCUT2D eigenvalue weighted by molar-refractivity contribution is 8.76. The molecule has 1 N–H and O–H groups in total. The average molecular weight is 318 g/mol. The molecule has 0 aromatic rings. The molecule has 1 fully saturated rings. The summed E-state index contributed by atoms with van der Waals surface area (Å²) in [5.74, 6) is 2.97. The number of Topliss-reactive ketones (excluding diaryl/α,β-unsaturated/α-hetero) is 2. The van der Waals surface area contributed by atoms with E-state index in [1.54, 1.807) is 35.4 Å². The first-order valence-corrected chi connectivity index (χ1v) is 9.95. The van der Waals surface area contributed by atoms with Crippen LogP contribution >= 0.6 is 21.6 Å². The number of nitrogens with one attached hydrogen (secondary N) is 1. The van der Waals surface area contributed by atoms with E-state index >= 15 is 0 Å². The van der Waals surface area contributed by atoms with E-state index in [4.69, 9.17) is 0 Å². The SMILES string of the molecule is CC[C@@H](CSSC[C@@H](NC1CCC1C)C(C)=O)C(C)=O. The molecule has 0 aromatic heterocycles. The van der Waals surface area contributed by atoms with Gasteiger partial charge >= 0.3 is 0 Å². The van der Waals surface area contributed by atoms with Crippen molar-refractivity contribution in [3.63, 3.8) is 0 Å². The second kappa shape index (κ2) is 9.11. The highest BCUT2D eigenvalue weighted by atomic mass is 33.1. The van der Waals surface area contributed by atoms with Crippen molar-refractivity contribution < 1.29 is 9.59 Å².